The van der Waals surface area contributed by atoms with Gasteiger partial charge in [-0.3, -0.25) is 14.2 Å². The Balaban J connectivity index is 2.07. The molecule has 8 heteroatoms. The third-order valence-electron chi connectivity index (χ3n) is 4.80. The van der Waals surface area contributed by atoms with Gasteiger partial charge in [-0.15, -0.1) is 0 Å². The highest BCUT2D eigenvalue weighted by atomic mass is 35.5. The standard InChI is InChI=1S/C22H21Cl2N3O3/c1-14-19(10-11-28)22(30)27(21(25-14)15-6-8-16(23)9-7-15)13-20(29)26(2)18-5-3-4-17(24)12-18/h3-9,12,28H,10-11,13H2,1-2H3. The number of rotatable bonds is 6. The molecule has 0 saturated heterocycles. The van der Waals surface area contributed by atoms with Crippen molar-refractivity contribution in [1.82, 2.24) is 9.55 Å². The summed E-state index contributed by atoms with van der Waals surface area (Å²) in [4.78, 5) is 32.2. The van der Waals surface area contributed by atoms with E-state index in [0.29, 0.717) is 38.4 Å². The van der Waals surface area contributed by atoms with E-state index in [0.717, 1.165) is 0 Å². The van der Waals surface area contributed by atoms with Crippen molar-refractivity contribution in [2.75, 3.05) is 18.6 Å². The van der Waals surface area contributed by atoms with Gasteiger partial charge in [-0.2, -0.15) is 0 Å². The average molecular weight is 446 g/mol. The van der Waals surface area contributed by atoms with E-state index < -0.39 is 0 Å². The lowest BCUT2D eigenvalue weighted by atomic mass is 10.1. The van der Waals surface area contributed by atoms with Crippen LogP contribution < -0.4 is 10.5 Å². The summed E-state index contributed by atoms with van der Waals surface area (Å²) in [6.45, 7) is 1.32. The van der Waals surface area contributed by atoms with Crippen LogP contribution in [0, 0.1) is 6.92 Å². The van der Waals surface area contributed by atoms with Crippen LogP contribution in [0.25, 0.3) is 11.4 Å². The quantitative estimate of drug-likeness (QED) is 0.626. The molecule has 0 bridgehead atoms. The predicted molar refractivity (Wildman–Crippen MR) is 119 cm³/mol. The Labute approximate surface area is 184 Å². The number of likely N-dealkylation sites (N-methyl/N-ethyl adjacent to an activating group) is 1. The molecule has 0 aliphatic heterocycles. The van der Waals surface area contributed by atoms with Gasteiger partial charge in [-0.05, 0) is 49.4 Å². The van der Waals surface area contributed by atoms with Crippen LogP contribution in [-0.4, -0.2) is 34.2 Å². The number of aliphatic hydroxyl groups excluding tert-OH is 1. The van der Waals surface area contributed by atoms with Gasteiger partial charge in [0, 0.05) is 52.6 Å². The number of hydrogen-bond acceptors (Lipinski definition) is 4. The van der Waals surface area contributed by atoms with Crippen LogP contribution in [0.2, 0.25) is 10.0 Å². The van der Waals surface area contributed by atoms with Crippen molar-refractivity contribution in [1.29, 1.82) is 0 Å². The minimum absolute atomic E-state index is 0.164. The first-order valence-electron chi connectivity index (χ1n) is 9.31. The minimum Gasteiger partial charge on any atom is -0.396 e. The maximum absolute atomic E-state index is 13.2. The molecule has 0 fully saturated rings. The zero-order valence-corrected chi connectivity index (χ0v) is 18.1. The lowest BCUT2D eigenvalue weighted by Gasteiger charge is -2.20. The molecule has 1 aromatic heterocycles. The van der Waals surface area contributed by atoms with Gasteiger partial charge in [0.25, 0.3) is 5.56 Å². The van der Waals surface area contributed by atoms with E-state index in [2.05, 4.69) is 4.98 Å². The van der Waals surface area contributed by atoms with Crippen LogP contribution in [0.1, 0.15) is 11.3 Å². The normalized spacial score (nSPS) is 10.8. The summed E-state index contributed by atoms with van der Waals surface area (Å²) in [5.74, 6) is 0.0545. The van der Waals surface area contributed by atoms with Crippen molar-refractivity contribution in [3.05, 3.63) is 80.2 Å². The van der Waals surface area contributed by atoms with Gasteiger partial charge < -0.3 is 10.0 Å². The van der Waals surface area contributed by atoms with Crippen LogP contribution in [0.4, 0.5) is 5.69 Å². The number of aromatic nitrogens is 2. The van der Waals surface area contributed by atoms with Crippen LogP contribution in [0.15, 0.2) is 53.3 Å². The second-order valence-corrected chi connectivity index (χ2v) is 7.68. The third kappa shape index (κ3) is 4.73. The molecular weight excluding hydrogens is 425 g/mol. The van der Waals surface area contributed by atoms with E-state index >= 15 is 0 Å². The molecule has 3 rings (SSSR count). The molecule has 0 radical (unpaired) electrons. The fourth-order valence-corrected chi connectivity index (χ4v) is 3.45. The Bertz CT molecular complexity index is 1130. The number of carbonyl (C=O) groups is 1. The number of halogens is 2. The maximum atomic E-state index is 13.2. The zero-order chi connectivity index (χ0) is 21.8. The van der Waals surface area contributed by atoms with E-state index in [4.69, 9.17) is 23.2 Å². The monoisotopic (exact) mass is 445 g/mol. The third-order valence-corrected chi connectivity index (χ3v) is 5.28. The lowest BCUT2D eigenvalue weighted by molar-refractivity contribution is -0.118. The SMILES string of the molecule is Cc1nc(-c2ccc(Cl)cc2)n(CC(=O)N(C)c2cccc(Cl)c2)c(=O)c1CCO. The molecule has 6 nitrogen and oxygen atoms in total. The predicted octanol–water partition coefficient (Wildman–Crippen LogP) is 3.72. The van der Waals surface area contributed by atoms with Gasteiger partial charge >= 0.3 is 0 Å². The Morgan fingerprint density at radius 1 is 1.13 bits per heavy atom. The zero-order valence-electron chi connectivity index (χ0n) is 16.6. The van der Waals surface area contributed by atoms with E-state index in [1.165, 1.54) is 9.47 Å². The minimum atomic E-state index is -0.352. The molecule has 0 aliphatic rings. The molecule has 1 N–H and O–H groups in total. The molecule has 0 unspecified atom stereocenters. The van der Waals surface area contributed by atoms with Crippen molar-refractivity contribution in [2.45, 2.75) is 19.9 Å². The summed E-state index contributed by atoms with van der Waals surface area (Å²) in [5, 5.41) is 10.4. The number of aliphatic hydroxyl groups is 1. The highest BCUT2D eigenvalue weighted by Crippen LogP contribution is 2.22. The fourth-order valence-electron chi connectivity index (χ4n) is 3.14. The van der Waals surface area contributed by atoms with E-state index in [1.807, 2.05) is 0 Å². The second-order valence-electron chi connectivity index (χ2n) is 6.80. The Hall–Kier alpha value is -2.67. The summed E-state index contributed by atoms with van der Waals surface area (Å²) in [5.41, 5.74) is 1.83. The number of nitrogens with zero attached hydrogens (tertiary/aromatic N) is 3. The van der Waals surface area contributed by atoms with Crippen LogP contribution in [0.5, 0.6) is 0 Å². The smallest absolute Gasteiger partial charge is 0.257 e. The van der Waals surface area contributed by atoms with E-state index in [9.17, 15) is 14.7 Å². The van der Waals surface area contributed by atoms with Crippen molar-refractivity contribution in [2.24, 2.45) is 0 Å². The second kappa shape index (κ2) is 9.43. The molecule has 0 saturated carbocycles. The van der Waals surface area contributed by atoms with Crippen molar-refractivity contribution >= 4 is 34.8 Å². The molecule has 0 aliphatic carbocycles. The number of aryl methyl sites for hydroxylation is 1. The topological polar surface area (TPSA) is 75.4 Å². The highest BCUT2D eigenvalue weighted by Gasteiger charge is 2.20. The Morgan fingerprint density at radius 2 is 1.83 bits per heavy atom. The van der Waals surface area contributed by atoms with E-state index in [1.54, 1.807) is 62.5 Å². The molecule has 0 spiro atoms. The number of carbonyl (C=O) groups excluding carboxylic acids is 1. The fraction of sp³-hybridized carbons (Fsp3) is 0.227. The Morgan fingerprint density at radius 3 is 2.47 bits per heavy atom. The van der Waals surface area contributed by atoms with Gasteiger partial charge in [0.1, 0.15) is 12.4 Å². The van der Waals surface area contributed by atoms with Gasteiger partial charge in [-0.1, -0.05) is 29.3 Å². The first kappa shape index (κ1) is 22.0. The molecular formula is C22H21Cl2N3O3. The largest absolute Gasteiger partial charge is 0.396 e. The molecule has 30 heavy (non-hydrogen) atoms. The van der Waals surface area contributed by atoms with Crippen molar-refractivity contribution in [3.63, 3.8) is 0 Å². The lowest BCUT2D eigenvalue weighted by Crippen LogP contribution is -2.36. The summed E-state index contributed by atoms with van der Waals surface area (Å²) in [6, 6.07) is 13.8. The van der Waals surface area contributed by atoms with Crippen LogP contribution in [-0.2, 0) is 17.8 Å². The first-order valence-corrected chi connectivity index (χ1v) is 10.1. The molecule has 1 heterocycles. The number of amides is 1. The van der Waals surface area contributed by atoms with E-state index in [-0.39, 0.29) is 31.0 Å². The van der Waals surface area contributed by atoms with Gasteiger partial charge in [0.15, 0.2) is 0 Å². The van der Waals surface area contributed by atoms with Gasteiger partial charge in [0.2, 0.25) is 5.91 Å². The molecule has 0 atom stereocenters. The maximum Gasteiger partial charge on any atom is 0.257 e. The van der Waals surface area contributed by atoms with Crippen molar-refractivity contribution in [3.8, 4) is 11.4 Å². The Kier molecular flexibility index (Phi) is 6.92. The first-order chi connectivity index (χ1) is 14.3. The van der Waals surface area contributed by atoms with Gasteiger partial charge in [0.05, 0.1) is 0 Å². The molecule has 1 amide bonds. The van der Waals surface area contributed by atoms with Crippen LogP contribution >= 0.6 is 23.2 Å². The number of anilines is 1. The summed E-state index contributed by atoms with van der Waals surface area (Å²) in [6.07, 6.45) is 0.164. The molecule has 2 aromatic carbocycles. The number of hydrogen-bond donors (Lipinski definition) is 1. The summed E-state index contributed by atoms with van der Waals surface area (Å²) < 4.78 is 1.34. The molecule has 156 valence electrons. The van der Waals surface area contributed by atoms with Gasteiger partial charge in [-0.25, -0.2) is 4.98 Å². The summed E-state index contributed by atoms with van der Waals surface area (Å²) in [7, 11) is 1.62. The molecule has 3 aromatic rings. The summed E-state index contributed by atoms with van der Waals surface area (Å²) >= 11 is 12.0. The average Bonchev–Trinajstić information content (AvgIpc) is 2.73. The number of benzene rings is 2. The highest BCUT2D eigenvalue weighted by molar-refractivity contribution is 6.31. The van der Waals surface area contributed by atoms with Crippen molar-refractivity contribution < 1.29 is 9.90 Å². The van der Waals surface area contributed by atoms with Crippen LogP contribution in [0.3, 0.4) is 0 Å².